The largest absolute Gasteiger partial charge is 0.544 e. The zero-order valence-electron chi connectivity index (χ0n) is 12.6. The van der Waals surface area contributed by atoms with Gasteiger partial charge < -0.3 is 20.0 Å². The Hall–Kier alpha value is -2.76. The van der Waals surface area contributed by atoms with Crippen molar-refractivity contribution in [1.29, 1.82) is 0 Å². The number of para-hydroxylation sites is 1. The lowest BCUT2D eigenvalue weighted by atomic mass is 10.1. The first-order valence-corrected chi connectivity index (χ1v) is 7.89. The number of benzene rings is 2. The molecule has 1 N–H and O–H groups in total. The quantitative estimate of drug-likeness (QED) is 0.657. The molecule has 1 heterocycles. The van der Waals surface area contributed by atoms with E-state index in [2.05, 4.69) is 5.32 Å². The second kappa shape index (κ2) is 7.01. The van der Waals surface area contributed by atoms with E-state index in [1.807, 2.05) is 0 Å². The molecule has 0 fully saturated rings. The number of hydrogen-bond donors (Lipinski definition) is 1. The molecule has 0 saturated heterocycles. The normalized spacial score (nSPS) is 15.4. The van der Waals surface area contributed by atoms with E-state index in [-0.39, 0.29) is 16.7 Å². The number of Topliss-reactive ketones (excluding diaryl/α,β-unsaturated/α-hetero) is 1. The van der Waals surface area contributed by atoms with Gasteiger partial charge in [-0.05, 0) is 29.8 Å². The van der Waals surface area contributed by atoms with E-state index in [0.29, 0.717) is 16.3 Å². The van der Waals surface area contributed by atoms with Gasteiger partial charge >= 0.3 is 0 Å². The first-order chi connectivity index (χ1) is 12.0. The first-order valence-electron chi connectivity index (χ1n) is 7.13. The second-order valence-electron chi connectivity index (χ2n) is 5.07. The van der Waals surface area contributed by atoms with Crippen molar-refractivity contribution in [3.63, 3.8) is 0 Å². The van der Waals surface area contributed by atoms with Crippen molar-refractivity contribution in [2.45, 2.75) is 0 Å². The number of ketones is 1. The minimum absolute atomic E-state index is 0.193. The average Bonchev–Trinajstić information content (AvgIpc) is 2.88. The molecule has 2 aromatic rings. The van der Waals surface area contributed by atoms with Crippen molar-refractivity contribution in [1.82, 2.24) is 0 Å². The van der Waals surface area contributed by atoms with Crippen LogP contribution in [0.15, 0.2) is 65.7 Å². The first kappa shape index (κ1) is 17.1. The molecule has 0 spiro atoms. The smallest absolute Gasteiger partial charge is 0.235 e. The van der Waals surface area contributed by atoms with E-state index < -0.39 is 17.3 Å². The maximum atomic E-state index is 12.4. The van der Waals surface area contributed by atoms with Crippen LogP contribution in [-0.2, 0) is 14.3 Å². The molecule has 0 unspecified atom stereocenters. The van der Waals surface area contributed by atoms with Crippen LogP contribution < -0.4 is 10.4 Å². The van der Waals surface area contributed by atoms with Gasteiger partial charge in [0, 0.05) is 5.69 Å². The van der Waals surface area contributed by atoms with Gasteiger partial charge in [0.2, 0.25) is 11.7 Å². The van der Waals surface area contributed by atoms with Gasteiger partial charge in [-0.25, -0.2) is 0 Å². The Bertz CT molecular complexity index is 920. The number of ether oxygens (including phenoxy) is 1. The SMILES string of the molecule is O=C([O-])C1=C(Nc2ccccc2)O/C(=C\c2cccc(Cl)c2Cl)C1=O. The summed E-state index contributed by atoms with van der Waals surface area (Å²) < 4.78 is 5.41. The molecule has 25 heavy (non-hydrogen) atoms. The molecule has 5 nitrogen and oxygen atoms in total. The van der Waals surface area contributed by atoms with Gasteiger partial charge in [-0.2, -0.15) is 0 Å². The third kappa shape index (κ3) is 3.52. The van der Waals surface area contributed by atoms with Crippen molar-refractivity contribution in [3.05, 3.63) is 81.4 Å². The van der Waals surface area contributed by atoms with E-state index in [1.54, 1.807) is 48.5 Å². The summed E-state index contributed by atoms with van der Waals surface area (Å²) in [6.07, 6.45) is 1.33. The number of allylic oxidation sites excluding steroid dienone is 1. The lowest BCUT2D eigenvalue weighted by Gasteiger charge is -2.09. The Kier molecular flexibility index (Phi) is 4.79. The average molecular weight is 375 g/mol. The van der Waals surface area contributed by atoms with Gasteiger partial charge in [0.05, 0.1) is 16.0 Å². The Morgan fingerprint density at radius 1 is 1.08 bits per heavy atom. The molecule has 1 aliphatic heterocycles. The molecule has 126 valence electrons. The van der Waals surface area contributed by atoms with Crippen LogP contribution in [-0.4, -0.2) is 11.8 Å². The summed E-state index contributed by atoms with van der Waals surface area (Å²) in [4.78, 5) is 23.7. The van der Waals surface area contributed by atoms with Crippen molar-refractivity contribution in [3.8, 4) is 0 Å². The highest BCUT2D eigenvalue weighted by Gasteiger charge is 2.32. The van der Waals surface area contributed by atoms with Crippen LogP contribution in [0.4, 0.5) is 5.69 Å². The van der Waals surface area contributed by atoms with Gasteiger partial charge in [0.1, 0.15) is 5.57 Å². The van der Waals surface area contributed by atoms with Crippen LogP contribution in [0.5, 0.6) is 0 Å². The third-order valence-electron chi connectivity index (χ3n) is 3.39. The van der Waals surface area contributed by atoms with E-state index in [4.69, 9.17) is 27.9 Å². The summed E-state index contributed by atoms with van der Waals surface area (Å²) in [5, 5.41) is 14.6. The number of rotatable bonds is 4. The van der Waals surface area contributed by atoms with Crippen LogP contribution in [0, 0.1) is 0 Å². The standard InChI is InChI=1S/C18H11Cl2NO4/c19-12-8-4-5-10(15(12)20)9-13-16(22)14(18(23)24)17(25-13)21-11-6-2-1-3-7-11/h1-9,21H,(H,23,24)/p-1/b13-9-. The van der Waals surface area contributed by atoms with Crippen molar-refractivity contribution in [2.75, 3.05) is 5.32 Å². The lowest BCUT2D eigenvalue weighted by molar-refractivity contribution is -0.298. The fraction of sp³-hybridized carbons (Fsp3) is 0. The Morgan fingerprint density at radius 2 is 1.80 bits per heavy atom. The molecule has 0 aliphatic carbocycles. The molecular weight excluding hydrogens is 365 g/mol. The van der Waals surface area contributed by atoms with Crippen molar-refractivity contribution >= 4 is 46.7 Å². The minimum atomic E-state index is -1.64. The summed E-state index contributed by atoms with van der Waals surface area (Å²) in [5.74, 6) is -2.85. The zero-order valence-corrected chi connectivity index (χ0v) is 14.1. The number of halogens is 2. The number of carboxylic acid groups (broad SMARTS) is 1. The number of carbonyl (C=O) groups is 2. The van der Waals surface area contributed by atoms with Crippen molar-refractivity contribution < 1.29 is 19.4 Å². The molecule has 0 bridgehead atoms. The molecule has 0 aromatic heterocycles. The van der Waals surface area contributed by atoms with Crippen LogP contribution in [0.3, 0.4) is 0 Å². The van der Waals surface area contributed by atoms with E-state index >= 15 is 0 Å². The molecular formula is C18H10Cl2NO4-. The van der Waals surface area contributed by atoms with Crippen LogP contribution in [0.2, 0.25) is 10.0 Å². The maximum Gasteiger partial charge on any atom is 0.235 e. The summed E-state index contributed by atoms with van der Waals surface area (Å²) in [6.45, 7) is 0. The van der Waals surface area contributed by atoms with Gasteiger partial charge in [-0.1, -0.05) is 53.5 Å². The second-order valence-corrected chi connectivity index (χ2v) is 5.85. The zero-order chi connectivity index (χ0) is 18.0. The Balaban J connectivity index is 1.96. The third-order valence-corrected chi connectivity index (χ3v) is 4.23. The summed E-state index contributed by atoms with van der Waals surface area (Å²) in [6, 6.07) is 13.6. The van der Waals surface area contributed by atoms with E-state index in [1.165, 1.54) is 6.08 Å². The number of aliphatic carboxylic acids is 1. The van der Waals surface area contributed by atoms with Crippen molar-refractivity contribution in [2.24, 2.45) is 0 Å². The predicted molar refractivity (Wildman–Crippen MR) is 92.6 cm³/mol. The monoisotopic (exact) mass is 374 g/mol. The number of hydrogen-bond acceptors (Lipinski definition) is 5. The van der Waals surface area contributed by atoms with E-state index in [0.717, 1.165) is 0 Å². The Labute approximate surface area is 153 Å². The Morgan fingerprint density at radius 3 is 2.48 bits per heavy atom. The molecule has 1 aliphatic rings. The minimum Gasteiger partial charge on any atom is -0.544 e. The highest BCUT2D eigenvalue weighted by atomic mass is 35.5. The van der Waals surface area contributed by atoms with Gasteiger partial charge in [0.15, 0.2) is 5.76 Å². The molecule has 0 atom stereocenters. The number of anilines is 1. The van der Waals surface area contributed by atoms with Crippen LogP contribution >= 0.6 is 23.2 Å². The summed E-state index contributed by atoms with van der Waals surface area (Å²) >= 11 is 12.0. The van der Waals surface area contributed by atoms with Gasteiger partial charge in [-0.3, -0.25) is 4.79 Å². The highest BCUT2D eigenvalue weighted by Crippen LogP contribution is 2.31. The van der Waals surface area contributed by atoms with Gasteiger partial charge in [0.25, 0.3) is 0 Å². The summed E-state index contributed by atoms with van der Waals surface area (Å²) in [5.41, 5.74) is 0.399. The lowest BCUT2D eigenvalue weighted by Crippen LogP contribution is -2.28. The molecule has 0 radical (unpaired) electrons. The molecule has 3 rings (SSSR count). The number of carbonyl (C=O) groups excluding carboxylic acids is 2. The molecule has 0 amide bonds. The van der Waals surface area contributed by atoms with Crippen LogP contribution in [0.1, 0.15) is 5.56 Å². The maximum absolute atomic E-state index is 12.4. The molecule has 0 saturated carbocycles. The predicted octanol–water partition coefficient (Wildman–Crippen LogP) is 3.01. The van der Waals surface area contributed by atoms with E-state index in [9.17, 15) is 14.7 Å². The molecule has 2 aromatic carbocycles. The van der Waals surface area contributed by atoms with Crippen LogP contribution in [0.25, 0.3) is 6.08 Å². The number of carboxylic acids is 1. The fourth-order valence-corrected chi connectivity index (χ4v) is 2.59. The number of nitrogens with one attached hydrogen (secondary N) is 1. The summed E-state index contributed by atoms with van der Waals surface area (Å²) in [7, 11) is 0. The molecule has 7 heteroatoms. The topological polar surface area (TPSA) is 78.5 Å². The highest BCUT2D eigenvalue weighted by molar-refractivity contribution is 6.43. The fourth-order valence-electron chi connectivity index (χ4n) is 2.23. The van der Waals surface area contributed by atoms with Gasteiger partial charge in [-0.15, -0.1) is 0 Å².